The molecule has 3 aromatic heterocycles. The molecule has 5 heteroatoms. The molecule has 0 amide bonds. The molecular formula is C45H26N2O2S. The predicted molar refractivity (Wildman–Crippen MR) is 209 cm³/mol. The molecule has 0 fully saturated rings. The maximum atomic E-state index is 6.39. The van der Waals surface area contributed by atoms with Gasteiger partial charge < -0.3 is 13.7 Å². The third-order valence-electron chi connectivity index (χ3n) is 9.87. The van der Waals surface area contributed by atoms with Crippen molar-refractivity contribution in [3.8, 4) is 10.6 Å². The molecule has 0 aliphatic rings. The largest absolute Gasteiger partial charge is 0.455 e. The number of anilines is 3. The van der Waals surface area contributed by atoms with Crippen LogP contribution >= 0.6 is 11.3 Å². The molecule has 234 valence electrons. The van der Waals surface area contributed by atoms with Crippen molar-refractivity contribution in [1.82, 2.24) is 4.98 Å². The number of furan rings is 2. The van der Waals surface area contributed by atoms with E-state index in [1.807, 2.05) is 30.3 Å². The quantitative estimate of drug-likeness (QED) is 0.189. The fraction of sp³-hybridized carbons (Fsp3) is 0. The molecule has 0 saturated carbocycles. The summed E-state index contributed by atoms with van der Waals surface area (Å²) in [6.45, 7) is 0. The zero-order valence-electron chi connectivity index (χ0n) is 26.6. The summed E-state index contributed by atoms with van der Waals surface area (Å²) >= 11 is 1.72. The number of aromatic nitrogens is 1. The molecule has 0 bridgehead atoms. The smallest absolute Gasteiger partial charge is 0.143 e. The molecule has 0 spiro atoms. The lowest BCUT2D eigenvalue weighted by atomic mass is 10.0. The molecule has 11 aromatic rings. The van der Waals surface area contributed by atoms with E-state index >= 15 is 0 Å². The summed E-state index contributed by atoms with van der Waals surface area (Å²) in [5.74, 6) is 0. The van der Waals surface area contributed by atoms with Crippen LogP contribution in [0.1, 0.15) is 0 Å². The number of nitrogens with zero attached hydrogens (tertiary/aromatic N) is 2. The average molecular weight is 659 g/mol. The van der Waals surface area contributed by atoms with Gasteiger partial charge in [-0.25, -0.2) is 4.98 Å². The maximum absolute atomic E-state index is 6.39. The topological polar surface area (TPSA) is 42.4 Å². The van der Waals surface area contributed by atoms with Gasteiger partial charge in [0.1, 0.15) is 27.3 Å². The van der Waals surface area contributed by atoms with E-state index < -0.39 is 0 Å². The molecule has 0 aliphatic heterocycles. The predicted octanol–water partition coefficient (Wildman–Crippen LogP) is 13.5. The van der Waals surface area contributed by atoms with Gasteiger partial charge >= 0.3 is 0 Å². The van der Waals surface area contributed by atoms with Gasteiger partial charge in [-0.15, -0.1) is 11.3 Å². The highest BCUT2D eigenvalue weighted by atomic mass is 32.1. The summed E-state index contributed by atoms with van der Waals surface area (Å²) in [6.07, 6.45) is 0. The van der Waals surface area contributed by atoms with E-state index in [1.165, 1.54) is 4.70 Å². The number of fused-ring (bicyclic) bond motifs is 11. The first-order valence-electron chi connectivity index (χ1n) is 16.7. The third kappa shape index (κ3) is 4.14. The van der Waals surface area contributed by atoms with Crippen LogP contribution in [-0.2, 0) is 0 Å². The number of hydrogen-bond acceptors (Lipinski definition) is 5. The van der Waals surface area contributed by atoms with Crippen molar-refractivity contribution in [1.29, 1.82) is 0 Å². The van der Waals surface area contributed by atoms with Crippen molar-refractivity contribution in [2.24, 2.45) is 0 Å². The Bertz CT molecular complexity index is 2930. The summed E-state index contributed by atoms with van der Waals surface area (Å²) in [5.41, 5.74) is 8.96. The van der Waals surface area contributed by atoms with Gasteiger partial charge in [-0.2, -0.15) is 0 Å². The SMILES string of the molecule is c1ccc2sc(-c3ccc(N(c4ccc5c(ccc6c7ccccc7oc56)c4)c4ccc5c(ccc6c7ccccc7oc56)c4)cc3)nc2c1. The van der Waals surface area contributed by atoms with Crippen LogP contribution in [0.15, 0.2) is 167 Å². The summed E-state index contributed by atoms with van der Waals surface area (Å²) in [4.78, 5) is 7.24. The molecule has 0 aliphatic carbocycles. The number of benzene rings is 8. The molecule has 8 aromatic carbocycles. The van der Waals surface area contributed by atoms with Crippen LogP contribution in [0.3, 0.4) is 0 Å². The molecule has 11 rings (SSSR count). The van der Waals surface area contributed by atoms with Gasteiger partial charge in [0.25, 0.3) is 0 Å². The highest BCUT2D eigenvalue weighted by molar-refractivity contribution is 7.21. The van der Waals surface area contributed by atoms with Gasteiger partial charge in [-0.3, -0.25) is 0 Å². The molecule has 4 nitrogen and oxygen atoms in total. The summed E-state index contributed by atoms with van der Waals surface area (Å²) in [7, 11) is 0. The van der Waals surface area contributed by atoms with Crippen LogP contribution in [-0.4, -0.2) is 4.98 Å². The summed E-state index contributed by atoms with van der Waals surface area (Å²) < 4.78 is 14.0. The van der Waals surface area contributed by atoms with Gasteiger partial charge in [0.2, 0.25) is 0 Å². The van der Waals surface area contributed by atoms with Crippen LogP contribution in [0.5, 0.6) is 0 Å². The number of rotatable bonds is 4. The molecule has 0 unspecified atom stereocenters. The average Bonchev–Trinajstić information content (AvgIpc) is 3.89. The van der Waals surface area contributed by atoms with Gasteiger partial charge in [-0.05, 0) is 108 Å². The Morgan fingerprint density at radius 1 is 0.440 bits per heavy atom. The van der Waals surface area contributed by atoms with Crippen LogP contribution in [0, 0.1) is 0 Å². The van der Waals surface area contributed by atoms with Crippen molar-refractivity contribution in [3.63, 3.8) is 0 Å². The van der Waals surface area contributed by atoms with Crippen LogP contribution in [0.2, 0.25) is 0 Å². The molecule has 3 heterocycles. The zero-order valence-corrected chi connectivity index (χ0v) is 27.4. The zero-order chi connectivity index (χ0) is 32.8. The van der Waals surface area contributed by atoms with E-state index in [4.69, 9.17) is 13.8 Å². The molecule has 0 radical (unpaired) electrons. The molecule has 0 atom stereocenters. The maximum Gasteiger partial charge on any atom is 0.143 e. The Kier molecular flexibility index (Phi) is 5.80. The van der Waals surface area contributed by atoms with Gasteiger partial charge in [0, 0.05) is 54.9 Å². The third-order valence-corrected chi connectivity index (χ3v) is 11.0. The highest BCUT2D eigenvalue weighted by Gasteiger charge is 2.18. The van der Waals surface area contributed by atoms with Gasteiger partial charge in [-0.1, -0.05) is 60.7 Å². The lowest BCUT2D eigenvalue weighted by molar-refractivity contribution is 0.672. The molecule has 0 saturated heterocycles. The second-order valence-corrected chi connectivity index (χ2v) is 13.8. The van der Waals surface area contributed by atoms with Gasteiger partial charge in [0.05, 0.1) is 10.2 Å². The molecule has 50 heavy (non-hydrogen) atoms. The lowest BCUT2D eigenvalue weighted by Gasteiger charge is -2.26. The Balaban J connectivity index is 1.08. The van der Waals surface area contributed by atoms with Gasteiger partial charge in [0.15, 0.2) is 0 Å². The fourth-order valence-corrected chi connectivity index (χ4v) is 8.44. The van der Waals surface area contributed by atoms with Crippen LogP contribution < -0.4 is 4.90 Å². The number of hydrogen-bond donors (Lipinski definition) is 0. The second kappa shape index (κ2) is 10.5. The summed E-state index contributed by atoms with van der Waals surface area (Å²) in [5, 5.41) is 9.99. The normalized spacial score (nSPS) is 12.0. The van der Waals surface area contributed by atoms with E-state index in [0.717, 1.165) is 98.6 Å². The van der Waals surface area contributed by atoms with Crippen molar-refractivity contribution >= 4 is 104 Å². The molecule has 0 N–H and O–H groups in total. The fourth-order valence-electron chi connectivity index (χ4n) is 7.47. The lowest BCUT2D eigenvalue weighted by Crippen LogP contribution is -2.10. The number of para-hydroxylation sites is 3. The Morgan fingerprint density at radius 2 is 0.960 bits per heavy atom. The van der Waals surface area contributed by atoms with Crippen molar-refractivity contribution in [3.05, 3.63) is 158 Å². The van der Waals surface area contributed by atoms with E-state index in [1.54, 1.807) is 11.3 Å². The highest BCUT2D eigenvalue weighted by Crippen LogP contribution is 2.42. The Labute approximate surface area is 290 Å². The number of thiazole rings is 1. The first kappa shape index (κ1) is 27.5. The second-order valence-electron chi connectivity index (χ2n) is 12.8. The van der Waals surface area contributed by atoms with E-state index in [-0.39, 0.29) is 0 Å². The van der Waals surface area contributed by atoms with E-state index in [9.17, 15) is 0 Å². The first-order chi connectivity index (χ1) is 24.7. The molecular weight excluding hydrogens is 633 g/mol. The van der Waals surface area contributed by atoms with E-state index in [2.05, 4.69) is 132 Å². The van der Waals surface area contributed by atoms with Crippen molar-refractivity contribution in [2.45, 2.75) is 0 Å². The minimum Gasteiger partial charge on any atom is -0.455 e. The monoisotopic (exact) mass is 658 g/mol. The van der Waals surface area contributed by atoms with E-state index in [0.29, 0.717) is 0 Å². The van der Waals surface area contributed by atoms with Crippen LogP contribution in [0.25, 0.3) is 86.2 Å². The Hall–Kier alpha value is -6.43. The standard InChI is InChI=1S/C45H26N2O2S/c1-4-10-40-35(7-1)37-21-15-28-25-31(19-23-33(28)43(37)48-40)47(30-17-13-27(14-18-30)45-46-39-9-3-6-12-42(39)50-45)32-20-24-34-29(26-32)16-22-38-36-8-2-5-11-41(36)49-44(34)38/h1-26H. The minimum atomic E-state index is 0.906. The van der Waals surface area contributed by atoms with Crippen molar-refractivity contribution < 1.29 is 8.83 Å². The van der Waals surface area contributed by atoms with Crippen LogP contribution in [0.4, 0.5) is 17.1 Å². The van der Waals surface area contributed by atoms with Crippen molar-refractivity contribution in [2.75, 3.05) is 4.90 Å². The Morgan fingerprint density at radius 3 is 1.56 bits per heavy atom. The summed E-state index contributed by atoms with van der Waals surface area (Å²) in [6, 6.07) is 55.6. The minimum absolute atomic E-state index is 0.906. The first-order valence-corrected chi connectivity index (χ1v) is 17.5.